The number of amides is 1. The molecule has 0 saturated carbocycles. The number of rotatable bonds is 4. The minimum absolute atomic E-state index is 0.00294. The Kier molecular flexibility index (Phi) is 4.61. The van der Waals surface area contributed by atoms with Gasteiger partial charge in [0.05, 0.1) is 12.6 Å². The Hall–Kier alpha value is -3.03. The number of nitrogens with one attached hydrogen (secondary N) is 3. The zero-order valence-corrected chi connectivity index (χ0v) is 15.8. The van der Waals surface area contributed by atoms with Crippen LogP contribution < -0.4 is 16.2 Å². The van der Waals surface area contributed by atoms with E-state index in [-0.39, 0.29) is 29.6 Å². The summed E-state index contributed by atoms with van der Waals surface area (Å²) in [5, 5.41) is 7.54. The summed E-state index contributed by atoms with van der Waals surface area (Å²) in [6.45, 7) is 1.38. The number of carbonyl (C=O) groups is 1. The summed E-state index contributed by atoms with van der Waals surface area (Å²) in [6, 6.07) is 16.7. The molecule has 148 valence electrons. The highest BCUT2D eigenvalue weighted by Crippen LogP contribution is 2.43. The number of anilines is 1. The normalized spacial score (nSPS) is 23.6. The third kappa shape index (κ3) is 3.54. The van der Waals surface area contributed by atoms with Crippen LogP contribution in [0.3, 0.4) is 0 Å². The second kappa shape index (κ2) is 7.42. The monoisotopic (exact) mass is 391 g/mol. The van der Waals surface area contributed by atoms with Gasteiger partial charge in [0.15, 0.2) is 5.82 Å². The van der Waals surface area contributed by atoms with Crippen molar-refractivity contribution in [2.24, 2.45) is 5.92 Å². The number of halogens is 1. The van der Waals surface area contributed by atoms with Crippen molar-refractivity contribution in [3.63, 3.8) is 0 Å². The number of hydrogen-bond donors (Lipinski definition) is 3. The number of aromatic nitrogens is 2. The van der Waals surface area contributed by atoms with Crippen molar-refractivity contribution in [3.05, 3.63) is 83.3 Å². The van der Waals surface area contributed by atoms with Gasteiger partial charge in [0.25, 0.3) is 0 Å². The van der Waals surface area contributed by atoms with Gasteiger partial charge in [-0.2, -0.15) is 5.10 Å². The lowest BCUT2D eigenvalue weighted by molar-refractivity contribution is -0.117. The predicted molar refractivity (Wildman–Crippen MR) is 108 cm³/mol. The Balaban J connectivity index is 1.45. The maximum atomic E-state index is 13.4. The minimum atomic E-state index is -0.252. The van der Waals surface area contributed by atoms with Crippen LogP contribution in [0.15, 0.2) is 60.8 Å². The molecule has 3 heterocycles. The molecule has 7 heteroatoms. The average molecular weight is 391 g/mol. The summed E-state index contributed by atoms with van der Waals surface area (Å²) < 4.78 is 15.2. The molecule has 0 bridgehead atoms. The van der Waals surface area contributed by atoms with Crippen molar-refractivity contribution in [2.45, 2.75) is 24.9 Å². The summed E-state index contributed by atoms with van der Waals surface area (Å²) >= 11 is 0. The van der Waals surface area contributed by atoms with Gasteiger partial charge in [0, 0.05) is 36.6 Å². The molecule has 5 rings (SSSR count). The van der Waals surface area contributed by atoms with Crippen molar-refractivity contribution < 1.29 is 9.18 Å². The predicted octanol–water partition coefficient (Wildman–Crippen LogP) is 2.96. The Morgan fingerprint density at radius 2 is 1.90 bits per heavy atom. The largest absolute Gasteiger partial charge is 0.309 e. The number of hydrogen-bond acceptors (Lipinski definition) is 4. The van der Waals surface area contributed by atoms with E-state index in [1.165, 1.54) is 12.1 Å². The van der Waals surface area contributed by atoms with Crippen molar-refractivity contribution >= 4 is 11.7 Å². The molecule has 3 unspecified atom stereocenters. The molecule has 0 spiro atoms. The van der Waals surface area contributed by atoms with E-state index >= 15 is 0 Å². The molecule has 1 saturated heterocycles. The molecule has 0 aliphatic carbocycles. The van der Waals surface area contributed by atoms with Gasteiger partial charge in [-0.05, 0) is 23.3 Å². The first-order chi connectivity index (χ1) is 14.2. The van der Waals surface area contributed by atoms with E-state index in [9.17, 15) is 9.18 Å². The molecule has 3 aromatic rings. The first kappa shape index (κ1) is 18.0. The quantitative estimate of drug-likeness (QED) is 0.640. The van der Waals surface area contributed by atoms with Crippen molar-refractivity contribution in [3.8, 4) is 0 Å². The second-order valence-electron chi connectivity index (χ2n) is 7.69. The molecule has 1 fully saturated rings. The zero-order chi connectivity index (χ0) is 19.8. The maximum absolute atomic E-state index is 13.4. The van der Waals surface area contributed by atoms with Gasteiger partial charge < -0.3 is 5.32 Å². The van der Waals surface area contributed by atoms with E-state index in [0.717, 1.165) is 23.2 Å². The van der Waals surface area contributed by atoms with E-state index in [2.05, 4.69) is 33.4 Å². The first-order valence-corrected chi connectivity index (χ1v) is 9.82. The smallest absolute Gasteiger partial charge is 0.226 e. The lowest BCUT2D eigenvalue weighted by Crippen LogP contribution is -2.30. The van der Waals surface area contributed by atoms with Gasteiger partial charge in [-0.15, -0.1) is 0 Å². The Bertz CT molecular complexity index is 1020. The van der Waals surface area contributed by atoms with E-state index in [1.807, 2.05) is 29.1 Å². The molecular formula is C22H22FN5O. The molecule has 6 nitrogen and oxygen atoms in total. The number of fused-ring (bicyclic) bond motifs is 1. The van der Waals surface area contributed by atoms with Gasteiger partial charge >= 0.3 is 0 Å². The Labute approximate surface area is 168 Å². The topological polar surface area (TPSA) is 71.0 Å². The lowest BCUT2D eigenvalue weighted by atomic mass is 9.77. The first-order valence-electron chi connectivity index (χ1n) is 9.82. The Morgan fingerprint density at radius 3 is 2.69 bits per heavy atom. The van der Waals surface area contributed by atoms with E-state index in [0.29, 0.717) is 18.8 Å². The van der Waals surface area contributed by atoms with Crippen LogP contribution in [0.25, 0.3) is 0 Å². The number of carbonyl (C=O) groups excluding carboxylic acids is 1. The second-order valence-corrected chi connectivity index (χ2v) is 7.69. The fourth-order valence-corrected chi connectivity index (χ4v) is 4.42. The van der Waals surface area contributed by atoms with Crippen molar-refractivity contribution in [2.75, 3.05) is 11.9 Å². The highest BCUT2D eigenvalue weighted by molar-refractivity contribution is 5.93. The molecular weight excluding hydrogens is 369 g/mol. The minimum Gasteiger partial charge on any atom is -0.309 e. The van der Waals surface area contributed by atoms with Crippen molar-refractivity contribution in [1.29, 1.82) is 0 Å². The summed E-state index contributed by atoms with van der Waals surface area (Å²) in [6.07, 6.45) is 2.46. The summed E-state index contributed by atoms with van der Waals surface area (Å²) in [5.74, 6) is 0.558. The SMILES string of the molecule is O=C1CC(C2CNNC2c2ccc(F)cc2)c2cn(Cc3ccccc3)nc2N1. The number of nitrogens with zero attached hydrogens (tertiary/aromatic N) is 2. The average Bonchev–Trinajstić information content (AvgIpc) is 3.35. The standard InChI is InChI=1S/C22H22FN5O/c23-16-8-6-15(7-9-16)21-18(11-24-26-21)17-10-20(29)25-22-19(17)13-28(27-22)12-14-4-2-1-3-5-14/h1-9,13,17-18,21,24,26H,10-12H2,(H,25,27,29). The van der Waals surface area contributed by atoms with Crippen LogP contribution in [-0.2, 0) is 11.3 Å². The van der Waals surface area contributed by atoms with E-state index in [4.69, 9.17) is 0 Å². The summed E-state index contributed by atoms with van der Waals surface area (Å²) in [5.41, 5.74) is 9.74. The molecule has 1 amide bonds. The molecule has 3 atom stereocenters. The number of benzene rings is 2. The van der Waals surface area contributed by atoms with E-state index < -0.39 is 0 Å². The third-order valence-electron chi connectivity index (χ3n) is 5.81. The van der Waals surface area contributed by atoms with Gasteiger partial charge in [0.2, 0.25) is 5.91 Å². The molecule has 2 aliphatic heterocycles. The zero-order valence-electron chi connectivity index (χ0n) is 15.8. The van der Waals surface area contributed by atoms with Gasteiger partial charge in [-0.3, -0.25) is 14.9 Å². The third-order valence-corrected chi connectivity index (χ3v) is 5.81. The van der Waals surface area contributed by atoms with Crippen LogP contribution in [0, 0.1) is 11.7 Å². The molecule has 29 heavy (non-hydrogen) atoms. The maximum Gasteiger partial charge on any atom is 0.226 e. The summed E-state index contributed by atoms with van der Waals surface area (Å²) in [4.78, 5) is 12.4. The van der Waals surface area contributed by atoms with Crippen LogP contribution in [0.4, 0.5) is 10.2 Å². The van der Waals surface area contributed by atoms with Gasteiger partial charge in [-0.1, -0.05) is 42.5 Å². The highest BCUT2D eigenvalue weighted by Gasteiger charge is 2.40. The van der Waals surface area contributed by atoms with Crippen LogP contribution in [0.5, 0.6) is 0 Å². The fourth-order valence-electron chi connectivity index (χ4n) is 4.42. The van der Waals surface area contributed by atoms with E-state index in [1.54, 1.807) is 12.1 Å². The number of hydrazine groups is 1. The van der Waals surface area contributed by atoms with Crippen LogP contribution in [0.2, 0.25) is 0 Å². The summed E-state index contributed by atoms with van der Waals surface area (Å²) in [7, 11) is 0. The van der Waals surface area contributed by atoms with Crippen LogP contribution in [-0.4, -0.2) is 22.2 Å². The van der Waals surface area contributed by atoms with Gasteiger partial charge in [0.1, 0.15) is 5.82 Å². The molecule has 3 N–H and O–H groups in total. The molecule has 0 radical (unpaired) electrons. The lowest BCUT2D eigenvalue weighted by Gasteiger charge is -2.30. The Morgan fingerprint density at radius 1 is 1.10 bits per heavy atom. The molecule has 2 aromatic carbocycles. The van der Waals surface area contributed by atoms with Crippen LogP contribution in [0.1, 0.15) is 35.1 Å². The highest BCUT2D eigenvalue weighted by atomic mass is 19.1. The van der Waals surface area contributed by atoms with Gasteiger partial charge in [-0.25, -0.2) is 9.82 Å². The van der Waals surface area contributed by atoms with Crippen LogP contribution >= 0.6 is 0 Å². The van der Waals surface area contributed by atoms with Crippen molar-refractivity contribution in [1.82, 2.24) is 20.6 Å². The molecule has 2 aliphatic rings. The molecule has 1 aromatic heterocycles. The fraction of sp³-hybridized carbons (Fsp3) is 0.273.